The highest BCUT2D eigenvalue weighted by molar-refractivity contribution is 6.29. The van der Waals surface area contributed by atoms with Gasteiger partial charge < -0.3 is 5.11 Å². The number of unbranched alkanes of at least 4 members (excludes halogenated alkanes) is 4. The van der Waals surface area contributed by atoms with Gasteiger partial charge in [-0.3, -0.25) is 4.79 Å². The van der Waals surface area contributed by atoms with E-state index < -0.39 is 6.10 Å². The van der Waals surface area contributed by atoms with Crippen molar-refractivity contribution in [1.29, 1.82) is 0 Å². The van der Waals surface area contributed by atoms with Crippen LogP contribution in [0, 0.1) is 0 Å². The number of aliphatic hydroxyl groups excluding tert-OH is 1. The van der Waals surface area contributed by atoms with E-state index in [0.717, 1.165) is 44.1 Å². The number of hydrogen-bond acceptors (Lipinski definition) is 4. The van der Waals surface area contributed by atoms with Crippen LogP contribution in [0.25, 0.3) is 0 Å². The summed E-state index contributed by atoms with van der Waals surface area (Å²) < 4.78 is 0. The van der Waals surface area contributed by atoms with Crippen molar-refractivity contribution in [3.63, 3.8) is 0 Å². The van der Waals surface area contributed by atoms with Gasteiger partial charge in [0, 0.05) is 24.4 Å². The molecule has 0 spiro atoms. The van der Waals surface area contributed by atoms with Crippen LogP contribution in [-0.4, -0.2) is 20.9 Å². The van der Waals surface area contributed by atoms with E-state index in [2.05, 4.69) is 23.8 Å². The van der Waals surface area contributed by atoms with E-state index >= 15 is 0 Å². The monoisotopic (exact) mass is 424 g/mol. The average Bonchev–Trinajstić information content (AvgIpc) is 2.70. The second-order valence-electron chi connectivity index (χ2n) is 6.68. The molecule has 6 heteroatoms. The molecule has 4 nitrogen and oxygen atoms in total. The van der Waals surface area contributed by atoms with Gasteiger partial charge in [-0.05, 0) is 36.6 Å². The van der Waals surface area contributed by atoms with Crippen LogP contribution in [0.15, 0.2) is 36.7 Å². The Labute approximate surface area is 178 Å². The Bertz CT molecular complexity index is 676. The van der Waals surface area contributed by atoms with Crippen LogP contribution < -0.4 is 0 Å². The molecule has 0 fully saturated rings. The summed E-state index contributed by atoms with van der Waals surface area (Å²) in [5, 5.41) is 10.6. The zero-order chi connectivity index (χ0) is 20.8. The van der Waals surface area contributed by atoms with E-state index in [9.17, 15) is 9.90 Å². The number of carbonyl (C=O) groups is 1. The summed E-state index contributed by atoms with van der Waals surface area (Å²) in [7, 11) is 0. The zero-order valence-electron chi connectivity index (χ0n) is 16.7. The van der Waals surface area contributed by atoms with Crippen LogP contribution in [0.4, 0.5) is 0 Å². The van der Waals surface area contributed by atoms with Crippen molar-refractivity contribution in [1.82, 2.24) is 9.97 Å². The minimum absolute atomic E-state index is 0.155. The number of pyridine rings is 2. The molecule has 0 saturated carbocycles. The Hall–Kier alpha value is -1.49. The quantitative estimate of drug-likeness (QED) is 0.257. The van der Waals surface area contributed by atoms with Crippen LogP contribution >= 0.6 is 23.2 Å². The summed E-state index contributed by atoms with van der Waals surface area (Å²) in [6.45, 7) is 4.27. The van der Waals surface area contributed by atoms with Gasteiger partial charge in [0.25, 0.3) is 0 Å². The Balaban J connectivity index is 0.000000280. The fourth-order valence-corrected chi connectivity index (χ4v) is 2.78. The van der Waals surface area contributed by atoms with E-state index in [1.54, 1.807) is 24.4 Å². The van der Waals surface area contributed by atoms with Crippen LogP contribution in [0.2, 0.25) is 10.3 Å². The minimum atomic E-state index is -0.397. The van der Waals surface area contributed by atoms with Gasteiger partial charge in [-0.15, -0.1) is 0 Å². The van der Waals surface area contributed by atoms with Crippen molar-refractivity contribution in [2.75, 3.05) is 0 Å². The molecule has 0 aliphatic carbocycles. The molecule has 1 atom stereocenters. The van der Waals surface area contributed by atoms with Crippen molar-refractivity contribution in [2.24, 2.45) is 0 Å². The molecule has 0 unspecified atom stereocenters. The van der Waals surface area contributed by atoms with Crippen molar-refractivity contribution in [3.05, 3.63) is 58.1 Å². The van der Waals surface area contributed by atoms with Gasteiger partial charge in [-0.25, -0.2) is 9.97 Å². The standard InChI is InChI=1S/C11H16ClNO.C11H14ClNO/c2*1-2-3-4-5-10(14)9-6-7-11(12)13-8-9/h6-8,10,14H,2-5H2,1H3;6-8H,2-5H2,1H3/t10-;/m1./s1. The van der Waals surface area contributed by atoms with Crippen LogP contribution in [0.5, 0.6) is 0 Å². The molecule has 0 saturated heterocycles. The number of rotatable bonds is 10. The lowest BCUT2D eigenvalue weighted by molar-refractivity contribution is 0.0979. The molecule has 0 radical (unpaired) electrons. The first-order valence-electron chi connectivity index (χ1n) is 9.92. The van der Waals surface area contributed by atoms with Crippen LogP contribution in [0.1, 0.15) is 87.2 Å². The van der Waals surface area contributed by atoms with Gasteiger partial charge in [0.2, 0.25) is 0 Å². The number of nitrogens with zero attached hydrogens (tertiary/aromatic N) is 2. The Morgan fingerprint density at radius 1 is 0.929 bits per heavy atom. The van der Waals surface area contributed by atoms with E-state index in [-0.39, 0.29) is 5.78 Å². The van der Waals surface area contributed by atoms with E-state index in [1.165, 1.54) is 12.6 Å². The topological polar surface area (TPSA) is 63.1 Å². The SMILES string of the molecule is CCCCCC(=O)c1ccc(Cl)nc1.CCCCC[C@@H](O)c1ccc(Cl)nc1. The van der Waals surface area contributed by atoms with Gasteiger partial charge in [0.15, 0.2) is 5.78 Å². The molecule has 0 amide bonds. The molecule has 2 heterocycles. The van der Waals surface area contributed by atoms with Gasteiger partial charge in [0.05, 0.1) is 6.10 Å². The lowest BCUT2D eigenvalue weighted by atomic mass is 10.1. The number of aromatic nitrogens is 2. The van der Waals surface area contributed by atoms with Gasteiger partial charge >= 0.3 is 0 Å². The van der Waals surface area contributed by atoms with E-state index in [0.29, 0.717) is 22.3 Å². The smallest absolute Gasteiger partial charge is 0.164 e. The number of aliphatic hydroxyl groups is 1. The maximum atomic E-state index is 11.5. The second-order valence-corrected chi connectivity index (χ2v) is 7.45. The first-order chi connectivity index (χ1) is 13.5. The van der Waals surface area contributed by atoms with Crippen molar-refractivity contribution < 1.29 is 9.90 Å². The summed E-state index contributed by atoms with van der Waals surface area (Å²) in [5.41, 5.74) is 1.51. The first-order valence-corrected chi connectivity index (χ1v) is 10.7. The number of carbonyl (C=O) groups excluding carboxylic acids is 1. The summed E-state index contributed by atoms with van der Waals surface area (Å²) in [4.78, 5) is 19.4. The predicted octanol–water partition coefficient (Wildman–Crippen LogP) is 6.85. The van der Waals surface area contributed by atoms with Crippen molar-refractivity contribution >= 4 is 29.0 Å². The molecule has 0 aromatic carbocycles. The molecule has 2 aromatic rings. The Kier molecular flexibility index (Phi) is 12.7. The molecule has 0 bridgehead atoms. The molecule has 0 aliphatic heterocycles. The van der Waals surface area contributed by atoms with Gasteiger partial charge in [-0.1, -0.05) is 75.2 Å². The second kappa shape index (κ2) is 14.5. The molecular formula is C22H30Cl2N2O2. The number of hydrogen-bond donors (Lipinski definition) is 1. The fourth-order valence-electron chi connectivity index (χ4n) is 2.56. The van der Waals surface area contributed by atoms with E-state index in [1.807, 2.05) is 6.07 Å². The lowest BCUT2D eigenvalue weighted by Gasteiger charge is -2.09. The summed E-state index contributed by atoms with van der Waals surface area (Å²) >= 11 is 11.3. The lowest BCUT2D eigenvalue weighted by Crippen LogP contribution is -1.99. The molecule has 2 aromatic heterocycles. The van der Waals surface area contributed by atoms with Crippen LogP contribution in [0.3, 0.4) is 0 Å². The van der Waals surface area contributed by atoms with E-state index in [4.69, 9.17) is 23.2 Å². The summed E-state index contributed by atoms with van der Waals surface area (Å²) in [6, 6.07) is 6.91. The van der Waals surface area contributed by atoms with Crippen molar-refractivity contribution in [3.8, 4) is 0 Å². The molecule has 2 rings (SSSR count). The maximum absolute atomic E-state index is 11.5. The fraction of sp³-hybridized carbons (Fsp3) is 0.500. The van der Waals surface area contributed by atoms with Gasteiger partial charge in [0.1, 0.15) is 10.3 Å². The molecule has 1 N–H and O–H groups in total. The summed E-state index contributed by atoms with van der Waals surface area (Å²) in [6.07, 6.45) is 10.8. The molecule has 154 valence electrons. The highest BCUT2D eigenvalue weighted by atomic mass is 35.5. The third-order valence-corrected chi connectivity index (χ3v) is 4.72. The third-order valence-electron chi connectivity index (χ3n) is 4.27. The molecule has 0 aliphatic rings. The van der Waals surface area contributed by atoms with Crippen LogP contribution in [-0.2, 0) is 0 Å². The largest absolute Gasteiger partial charge is 0.388 e. The first kappa shape index (κ1) is 24.5. The predicted molar refractivity (Wildman–Crippen MR) is 116 cm³/mol. The third kappa shape index (κ3) is 10.2. The van der Waals surface area contributed by atoms with Gasteiger partial charge in [-0.2, -0.15) is 0 Å². The normalized spacial score (nSPS) is 11.5. The Morgan fingerprint density at radius 3 is 2.07 bits per heavy atom. The number of ketones is 1. The highest BCUT2D eigenvalue weighted by Crippen LogP contribution is 2.19. The summed E-state index contributed by atoms with van der Waals surface area (Å²) in [5.74, 6) is 0.155. The zero-order valence-corrected chi connectivity index (χ0v) is 18.2. The highest BCUT2D eigenvalue weighted by Gasteiger charge is 2.07. The minimum Gasteiger partial charge on any atom is -0.388 e. The van der Waals surface area contributed by atoms with Crippen molar-refractivity contribution in [2.45, 2.75) is 71.3 Å². The maximum Gasteiger partial charge on any atom is 0.164 e. The molecule has 28 heavy (non-hydrogen) atoms. The average molecular weight is 425 g/mol. The Morgan fingerprint density at radius 2 is 1.54 bits per heavy atom. The molecular weight excluding hydrogens is 395 g/mol. The number of halogens is 2. The number of Topliss-reactive ketones (excluding diaryl/α,β-unsaturated/α-hetero) is 1.